The number of aldehydes is 1. The lowest BCUT2D eigenvalue weighted by molar-refractivity contribution is -0.156. The van der Waals surface area contributed by atoms with Crippen molar-refractivity contribution in [2.75, 3.05) is 0 Å². The number of ether oxygens (including phenoxy) is 2. The van der Waals surface area contributed by atoms with E-state index in [1.54, 1.807) is 41.5 Å². The van der Waals surface area contributed by atoms with Crippen LogP contribution in [-0.2, 0) is 25.5 Å². The van der Waals surface area contributed by atoms with E-state index in [4.69, 9.17) is 9.47 Å². The van der Waals surface area contributed by atoms with Gasteiger partial charge in [0.25, 0.3) is 0 Å². The summed E-state index contributed by atoms with van der Waals surface area (Å²) in [6.45, 7) is 10.6. The molecule has 1 rings (SSSR count). The van der Waals surface area contributed by atoms with Gasteiger partial charge in [0.2, 0.25) is 0 Å². The molecule has 6 heteroatoms. The van der Waals surface area contributed by atoms with Crippen molar-refractivity contribution in [1.82, 2.24) is 5.32 Å². The van der Waals surface area contributed by atoms with Crippen LogP contribution in [0.15, 0.2) is 30.3 Å². The fraction of sp³-hybridized carbons (Fsp3) is 0.571. The van der Waals surface area contributed by atoms with Crippen LogP contribution >= 0.6 is 0 Å². The van der Waals surface area contributed by atoms with Crippen molar-refractivity contribution in [3.8, 4) is 0 Å². The molecule has 27 heavy (non-hydrogen) atoms. The number of hydrogen-bond acceptors (Lipinski definition) is 5. The zero-order chi connectivity index (χ0) is 20.7. The van der Waals surface area contributed by atoms with Gasteiger partial charge in [-0.1, -0.05) is 30.3 Å². The monoisotopic (exact) mass is 377 g/mol. The van der Waals surface area contributed by atoms with Gasteiger partial charge in [0.1, 0.15) is 17.5 Å². The summed E-state index contributed by atoms with van der Waals surface area (Å²) in [7, 11) is 0. The van der Waals surface area contributed by atoms with Crippen LogP contribution in [0, 0.1) is 5.92 Å². The summed E-state index contributed by atoms with van der Waals surface area (Å²) in [4.78, 5) is 36.1. The zero-order valence-electron chi connectivity index (χ0n) is 17.1. The largest absolute Gasteiger partial charge is 0.460 e. The zero-order valence-corrected chi connectivity index (χ0v) is 17.1. The third-order valence-electron chi connectivity index (χ3n) is 3.51. The lowest BCUT2D eigenvalue weighted by Crippen LogP contribution is -2.45. The molecule has 0 bridgehead atoms. The van der Waals surface area contributed by atoms with Crippen molar-refractivity contribution in [2.24, 2.45) is 5.92 Å². The molecule has 2 atom stereocenters. The Balaban J connectivity index is 2.93. The van der Waals surface area contributed by atoms with Crippen molar-refractivity contribution in [3.05, 3.63) is 35.9 Å². The Bertz CT molecular complexity index is 628. The van der Waals surface area contributed by atoms with Crippen LogP contribution < -0.4 is 5.32 Å². The number of hydrogen-bond donors (Lipinski definition) is 1. The molecule has 0 saturated carbocycles. The Morgan fingerprint density at radius 2 is 1.56 bits per heavy atom. The molecule has 0 aliphatic carbocycles. The summed E-state index contributed by atoms with van der Waals surface area (Å²) >= 11 is 0. The lowest BCUT2D eigenvalue weighted by atomic mass is 9.92. The van der Waals surface area contributed by atoms with Crippen LogP contribution in [-0.4, -0.2) is 35.6 Å². The fourth-order valence-corrected chi connectivity index (χ4v) is 2.50. The van der Waals surface area contributed by atoms with Gasteiger partial charge in [0.05, 0.1) is 6.42 Å². The molecule has 0 spiro atoms. The van der Waals surface area contributed by atoms with Crippen LogP contribution in [0.3, 0.4) is 0 Å². The van der Waals surface area contributed by atoms with Crippen LogP contribution in [0.1, 0.15) is 53.5 Å². The third kappa shape index (κ3) is 9.78. The average Bonchev–Trinajstić information content (AvgIpc) is 2.49. The Kier molecular flexibility index (Phi) is 8.00. The number of nitrogens with one attached hydrogen (secondary N) is 1. The van der Waals surface area contributed by atoms with Gasteiger partial charge in [-0.25, -0.2) is 4.79 Å². The normalized spacial score (nSPS) is 14.0. The molecular weight excluding hydrogens is 346 g/mol. The molecule has 0 saturated heterocycles. The predicted molar refractivity (Wildman–Crippen MR) is 103 cm³/mol. The first-order chi connectivity index (χ1) is 12.4. The van der Waals surface area contributed by atoms with Gasteiger partial charge in [0.15, 0.2) is 0 Å². The highest BCUT2D eigenvalue weighted by atomic mass is 16.6. The van der Waals surface area contributed by atoms with Gasteiger partial charge < -0.3 is 19.6 Å². The maximum atomic E-state index is 12.2. The van der Waals surface area contributed by atoms with Gasteiger partial charge in [-0.05, 0) is 53.5 Å². The first-order valence-electron chi connectivity index (χ1n) is 9.10. The summed E-state index contributed by atoms with van der Waals surface area (Å²) in [6, 6.07) is 8.86. The maximum absolute atomic E-state index is 12.2. The summed E-state index contributed by atoms with van der Waals surface area (Å²) in [6.07, 6.45) is 0.342. The first-order valence-corrected chi connectivity index (χ1v) is 9.10. The molecule has 0 radical (unpaired) electrons. The van der Waals surface area contributed by atoms with Crippen LogP contribution in [0.25, 0.3) is 0 Å². The molecular formula is C21H31NO5. The predicted octanol–water partition coefficient (Wildman–Crippen LogP) is 3.67. The minimum atomic E-state index is -0.729. The van der Waals surface area contributed by atoms with Crippen molar-refractivity contribution >= 4 is 18.3 Å². The van der Waals surface area contributed by atoms with E-state index in [0.717, 1.165) is 5.56 Å². The Labute approximate surface area is 161 Å². The summed E-state index contributed by atoms with van der Waals surface area (Å²) in [5.74, 6) is -1.21. The molecule has 6 nitrogen and oxygen atoms in total. The topological polar surface area (TPSA) is 81.7 Å². The van der Waals surface area contributed by atoms with Gasteiger partial charge >= 0.3 is 12.1 Å². The van der Waals surface area contributed by atoms with Crippen molar-refractivity contribution < 1.29 is 23.9 Å². The van der Waals surface area contributed by atoms with Gasteiger partial charge in [-0.2, -0.15) is 0 Å². The average molecular weight is 377 g/mol. The second-order valence-corrected chi connectivity index (χ2v) is 8.53. The van der Waals surface area contributed by atoms with Crippen molar-refractivity contribution in [1.29, 1.82) is 0 Å². The number of amides is 1. The van der Waals surface area contributed by atoms with Crippen LogP contribution in [0.4, 0.5) is 4.79 Å². The quantitative estimate of drug-likeness (QED) is 0.579. The maximum Gasteiger partial charge on any atom is 0.407 e. The van der Waals surface area contributed by atoms with Gasteiger partial charge in [-0.15, -0.1) is 0 Å². The van der Waals surface area contributed by atoms with E-state index < -0.39 is 35.2 Å². The SMILES string of the molecule is CC(C)(C)OC(=O)CC(C=O)C(Cc1ccccc1)NC(=O)OC(C)(C)C. The summed E-state index contributed by atoms with van der Waals surface area (Å²) in [5, 5.41) is 2.74. The first kappa shape index (κ1) is 22.7. The highest BCUT2D eigenvalue weighted by Gasteiger charge is 2.29. The number of benzene rings is 1. The minimum absolute atomic E-state index is 0.117. The smallest absolute Gasteiger partial charge is 0.407 e. The standard InChI is InChI=1S/C21H31NO5/c1-20(2,3)26-18(24)13-16(14-23)17(12-15-10-8-7-9-11-15)22-19(25)27-21(4,5)6/h7-11,14,16-17H,12-13H2,1-6H3,(H,22,25). The molecule has 1 aromatic rings. The van der Waals surface area contributed by atoms with Gasteiger partial charge in [-0.3, -0.25) is 4.79 Å². The van der Waals surface area contributed by atoms with E-state index in [1.807, 2.05) is 30.3 Å². The lowest BCUT2D eigenvalue weighted by Gasteiger charge is -2.27. The molecule has 0 aliphatic heterocycles. The molecule has 0 fully saturated rings. The molecule has 0 aliphatic rings. The van der Waals surface area contributed by atoms with E-state index in [0.29, 0.717) is 12.7 Å². The van der Waals surface area contributed by atoms with E-state index in [9.17, 15) is 14.4 Å². The Morgan fingerprint density at radius 3 is 2.04 bits per heavy atom. The Hall–Kier alpha value is -2.37. The summed E-state index contributed by atoms with van der Waals surface area (Å²) in [5.41, 5.74) is -0.365. The number of esters is 1. The number of alkyl carbamates (subject to hydrolysis) is 1. The molecule has 0 aromatic heterocycles. The van der Waals surface area contributed by atoms with Gasteiger partial charge in [0, 0.05) is 12.0 Å². The molecule has 0 heterocycles. The molecule has 2 unspecified atom stereocenters. The fourth-order valence-electron chi connectivity index (χ4n) is 2.50. The number of carbonyl (C=O) groups excluding carboxylic acids is 3. The molecule has 150 valence electrons. The van der Waals surface area contributed by atoms with Crippen molar-refractivity contribution in [3.63, 3.8) is 0 Å². The second-order valence-electron chi connectivity index (χ2n) is 8.53. The van der Waals surface area contributed by atoms with E-state index >= 15 is 0 Å². The van der Waals surface area contributed by atoms with Crippen LogP contribution in [0.2, 0.25) is 0 Å². The highest BCUT2D eigenvalue weighted by molar-refractivity contribution is 5.75. The molecule has 1 amide bonds. The molecule has 1 aromatic carbocycles. The second kappa shape index (κ2) is 9.53. The molecule has 1 N–H and O–H groups in total. The van der Waals surface area contributed by atoms with Crippen LogP contribution in [0.5, 0.6) is 0 Å². The van der Waals surface area contributed by atoms with Crippen molar-refractivity contribution in [2.45, 2.75) is 71.6 Å². The third-order valence-corrected chi connectivity index (χ3v) is 3.51. The van der Waals surface area contributed by atoms with E-state index in [-0.39, 0.29) is 6.42 Å². The van der Waals surface area contributed by atoms with E-state index in [1.165, 1.54) is 0 Å². The highest BCUT2D eigenvalue weighted by Crippen LogP contribution is 2.17. The summed E-state index contributed by atoms with van der Waals surface area (Å²) < 4.78 is 10.6. The Morgan fingerprint density at radius 1 is 1.00 bits per heavy atom. The van der Waals surface area contributed by atoms with E-state index in [2.05, 4.69) is 5.32 Å². The number of rotatable bonds is 7. The number of carbonyl (C=O) groups is 3. The minimum Gasteiger partial charge on any atom is -0.460 e.